The molecule has 2 aliphatic heterocycles. The van der Waals surface area contributed by atoms with E-state index in [4.69, 9.17) is 0 Å². The van der Waals surface area contributed by atoms with Crippen molar-refractivity contribution in [3.63, 3.8) is 0 Å². The van der Waals surface area contributed by atoms with E-state index in [0.717, 1.165) is 30.9 Å². The van der Waals surface area contributed by atoms with Crippen LogP contribution in [0.5, 0.6) is 0 Å². The third kappa shape index (κ3) is 7.25. The summed E-state index contributed by atoms with van der Waals surface area (Å²) in [7, 11) is -3.10. The Kier molecular flexibility index (Phi) is 8.13. The van der Waals surface area contributed by atoms with Gasteiger partial charge >= 0.3 is 6.03 Å². The fourth-order valence-corrected chi connectivity index (χ4v) is 5.04. The molecule has 2 aliphatic rings. The Hall–Kier alpha value is -1.64. The molecule has 3 rings (SSSR count). The van der Waals surface area contributed by atoms with Gasteiger partial charge in [0.1, 0.15) is 0 Å². The van der Waals surface area contributed by atoms with E-state index >= 15 is 0 Å². The van der Waals surface area contributed by atoms with E-state index < -0.39 is 10.0 Å². The number of sulfonamides is 1. The van der Waals surface area contributed by atoms with Crippen molar-refractivity contribution in [2.75, 3.05) is 39.0 Å². The van der Waals surface area contributed by atoms with E-state index in [1.807, 2.05) is 0 Å². The van der Waals surface area contributed by atoms with Crippen molar-refractivity contribution >= 4 is 16.1 Å². The molecule has 168 valence electrons. The van der Waals surface area contributed by atoms with E-state index in [9.17, 15) is 13.2 Å². The first-order chi connectivity index (χ1) is 14.3. The molecule has 0 saturated carbocycles. The Morgan fingerprint density at radius 2 is 1.57 bits per heavy atom. The van der Waals surface area contributed by atoms with Crippen LogP contribution in [0.15, 0.2) is 24.3 Å². The van der Waals surface area contributed by atoms with E-state index in [2.05, 4.69) is 46.7 Å². The molecule has 0 aliphatic carbocycles. The van der Waals surface area contributed by atoms with Crippen LogP contribution in [-0.4, -0.2) is 62.6 Å². The van der Waals surface area contributed by atoms with Gasteiger partial charge < -0.3 is 10.6 Å². The summed E-state index contributed by atoms with van der Waals surface area (Å²) in [5, 5.41) is 5.83. The number of rotatable bonds is 7. The Balaban J connectivity index is 1.33. The second kappa shape index (κ2) is 10.6. The third-order valence-electron chi connectivity index (χ3n) is 6.35. The number of piperidine rings is 2. The number of nitrogens with zero attached hydrogens (tertiary/aromatic N) is 2. The van der Waals surface area contributed by atoms with Gasteiger partial charge in [0.15, 0.2) is 0 Å². The molecule has 0 atom stereocenters. The minimum absolute atomic E-state index is 0.174. The Bertz CT molecular complexity index is 781. The molecule has 2 heterocycles. The molecule has 0 unspecified atom stereocenters. The van der Waals surface area contributed by atoms with Crippen LogP contribution in [0.4, 0.5) is 4.79 Å². The highest BCUT2D eigenvalue weighted by Crippen LogP contribution is 2.19. The van der Waals surface area contributed by atoms with Gasteiger partial charge in [-0.15, -0.1) is 0 Å². The Labute approximate surface area is 181 Å². The molecule has 2 amide bonds. The molecule has 2 N–H and O–H groups in total. The molecule has 0 spiro atoms. The van der Waals surface area contributed by atoms with Gasteiger partial charge in [0.05, 0.1) is 6.26 Å². The molecule has 7 nitrogen and oxygen atoms in total. The SMILES string of the molecule is CC1CCN(Cc2ccc(CNC(=O)NCC3CCN(S(C)(=O)=O)CC3)cc2)CC1. The summed E-state index contributed by atoms with van der Waals surface area (Å²) in [4.78, 5) is 14.6. The molecule has 0 bridgehead atoms. The lowest BCUT2D eigenvalue weighted by Gasteiger charge is -2.30. The largest absolute Gasteiger partial charge is 0.338 e. The van der Waals surface area contributed by atoms with Crippen LogP contribution in [0.1, 0.15) is 43.7 Å². The number of nitrogens with one attached hydrogen (secondary N) is 2. The quantitative estimate of drug-likeness (QED) is 0.688. The fourth-order valence-electron chi connectivity index (χ4n) is 4.17. The molecule has 8 heteroatoms. The molecule has 1 aromatic carbocycles. The van der Waals surface area contributed by atoms with Crippen molar-refractivity contribution in [2.45, 2.75) is 45.7 Å². The molecule has 2 fully saturated rings. The van der Waals surface area contributed by atoms with Crippen molar-refractivity contribution in [2.24, 2.45) is 11.8 Å². The van der Waals surface area contributed by atoms with Gasteiger partial charge in [0.2, 0.25) is 10.0 Å². The first kappa shape index (κ1) is 23.0. The zero-order valence-electron chi connectivity index (χ0n) is 18.3. The molecule has 30 heavy (non-hydrogen) atoms. The third-order valence-corrected chi connectivity index (χ3v) is 7.66. The highest BCUT2D eigenvalue weighted by atomic mass is 32.2. The highest BCUT2D eigenvalue weighted by molar-refractivity contribution is 7.88. The minimum atomic E-state index is -3.10. The summed E-state index contributed by atoms with van der Waals surface area (Å²) in [5.74, 6) is 1.17. The van der Waals surface area contributed by atoms with Crippen LogP contribution in [0, 0.1) is 11.8 Å². The van der Waals surface area contributed by atoms with Crippen LogP contribution in [-0.2, 0) is 23.1 Å². The van der Waals surface area contributed by atoms with Crippen molar-refractivity contribution < 1.29 is 13.2 Å². The van der Waals surface area contributed by atoms with Crippen molar-refractivity contribution in [3.05, 3.63) is 35.4 Å². The fraction of sp³-hybridized carbons (Fsp3) is 0.682. The van der Waals surface area contributed by atoms with Crippen LogP contribution in [0.3, 0.4) is 0 Å². The number of benzene rings is 1. The van der Waals surface area contributed by atoms with E-state index in [1.165, 1.54) is 42.1 Å². The number of urea groups is 1. The highest BCUT2D eigenvalue weighted by Gasteiger charge is 2.25. The molecular formula is C22H36N4O3S. The van der Waals surface area contributed by atoms with Crippen LogP contribution in [0.2, 0.25) is 0 Å². The lowest BCUT2D eigenvalue weighted by atomic mass is 9.98. The monoisotopic (exact) mass is 436 g/mol. The first-order valence-corrected chi connectivity index (χ1v) is 12.9. The van der Waals surface area contributed by atoms with Crippen LogP contribution in [0.25, 0.3) is 0 Å². The van der Waals surface area contributed by atoms with Crippen molar-refractivity contribution in [1.29, 1.82) is 0 Å². The smallest absolute Gasteiger partial charge is 0.315 e. The van der Waals surface area contributed by atoms with Gasteiger partial charge in [-0.05, 0) is 61.7 Å². The summed E-state index contributed by atoms with van der Waals surface area (Å²) in [6.45, 7) is 7.84. The average Bonchev–Trinajstić information content (AvgIpc) is 2.73. The number of hydrogen-bond acceptors (Lipinski definition) is 4. The Morgan fingerprint density at radius 1 is 0.967 bits per heavy atom. The predicted molar refractivity (Wildman–Crippen MR) is 119 cm³/mol. The van der Waals surface area contributed by atoms with Crippen molar-refractivity contribution in [1.82, 2.24) is 19.8 Å². The number of likely N-dealkylation sites (tertiary alicyclic amines) is 1. The molecule has 2 saturated heterocycles. The van der Waals surface area contributed by atoms with E-state index in [0.29, 0.717) is 32.1 Å². The van der Waals surface area contributed by atoms with Crippen LogP contribution >= 0.6 is 0 Å². The van der Waals surface area contributed by atoms with Gasteiger partial charge in [-0.2, -0.15) is 0 Å². The van der Waals surface area contributed by atoms with Crippen molar-refractivity contribution in [3.8, 4) is 0 Å². The minimum Gasteiger partial charge on any atom is -0.338 e. The average molecular weight is 437 g/mol. The molecule has 0 radical (unpaired) electrons. The van der Waals surface area contributed by atoms with E-state index in [1.54, 1.807) is 0 Å². The predicted octanol–water partition coefficient (Wildman–Crippen LogP) is 2.39. The maximum atomic E-state index is 12.1. The van der Waals surface area contributed by atoms with Gasteiger partial charge in [0, 0.05) is 32.7 Å². The lowest BCUT2D eigenvalue weighted by Crippen LogP contribution is -2.43. The second-order valence-corrected chi connectivity index (χ2v) is 10.9. The zero-order chi connectivity index (χ0) is 21.6. The lowest BCUT2D eigenvalue weighted by molar-refractivity contribution is 0.185. The van der Waals surface area contributed by atoms with Gasteiger partial charge in [-0.1, -0.05) is 31.2 Å². The summed E-state index contributed by atoms with van der Waals surface area (Å²) >= 11 is 0. The van der Waals surface area contributed by atoms with Gasteiger partial charge in [-0.25, -0.2) is 17.5 Å². The number of hydrogen-bond donors (Lipinski definition) is 2. The van der Waals surface area contributed by atoms with Crippen LogP contribution < -0.4 is 10.6 Å². The number of carbonyl (C=O) groups is 1. The standard InChI is InChI=1S/C22H36N4O3S/c1-18-7-11-25(12-8-18)17-21-5-3-19(4-6-21)15-23-22(27)24-16-20-9-13-26(14-10-20)30(2,28)29/h3-6,18,20H,7-17H2,1-2H3,(H2,23,24,27). The summed E-state index contributed by atoms with van der Waals surface area (Å²) in [6.07, 6.45) is 5.39. The maximum Gasteiger partial charge on any atom is 0.315 e. The maximum absolute atomic E-state index is 12.1. The zero-order valence-corrected chi connectivity index (χ0v) is 19.1. The van der Waals surface area contributed by atoms with Gasteiger partial charge in [0.25, 0.3) is 0 Å². The number of amides is 2. The second-order valence-electron chi connectivity index (χ2n) is 8.94. The van der Waals surface area contributed by atoms with E-state index in [-0.39, 0.29) is 6.03 Å². The first-order valence-electron chi connectivity index (χ1n) is 11.1. The normalized spacial score (nSPS) is 20.2. The van der Waals surface area contributed by atoms with Gasteiger partial charge in [-0.3, -0.25) is 4.90 Å². The summed E-state index contributed by atoms with van der Waals surface area (Å²) in [5.41, 5.74) is 2.40. The molecule has 0 aromatic heterocycles. The Morgan fingerprint density at radius 3 is 2.17 bits per heavy atom. The molecule has 1 aromatic rings. The summed E-state index contributed by atoms with van der Waals surface area (Å²) < 4.78 is 24.6. The molecular weight excluding hydrogens is 400 g/mol. The topological polar surface area (TPSA) is 81.8 Å². The summed E-state index contributed by atoms with van der Waals surface area (Å²) in [6, 6.07) is 8.31. The number of carbonyl (C=O) groups excluding carboxylic acids is 1.